The van der Waals surface area contributed by atoms with E-state index < -0.39 is 11.7 Å². The summed E-state index contributed by atoms with van der Waals surface area (Å²) < 4.78 is 45.4. The number of unbranched alkanes of at least 4 members (excludes halogenated alkanes) is 2. The van der Waals surface area contributed by atoms with E-state index in [4.69, 9.17) is 4.74 Å². The summed E-state index contributed by atoms with van der Waals surface area (Å²) in [5.74, 6) is 0.186. The summed E-state index contributed by atoms with van der Waals surface area (Å²) in [6.07, 6.45) is -0.0244. The van der Waals surface area contributed by atoms with E-state index in [2.05, 4.69) is 24.1 Å². The van der Waals surface area contributed by atoms with Crippen molar-refractivity contribution in [3.63, 3.8) is 0 Å². The number of nitrogens with one attached hydrogen (secondary N) is 1. The Bertz CT molecular complexity index is 1170. The molecule has 1 aliphatic rings. The highest BCUT2D eigenvalue weighted by molar-refractivity contribution is 7.22. The molecule has 4 rings (SSSR count). The number of aromatic nitrogens is 1. The maximum atomic E-state index is 13.2. The number of methoxy groups -OCH3 is 1. The van der Waals surface area contributed by atoms with Gasteiger partial charge in [0, 0.05) is 54.0 Å². The molecule has 3 heterocycles. The van der Waals surface area contributed by atoms with Crippen molar-refractivity contribution in [2.24, 2.45) is 0 Å². The van der Waals surface area contributed by atoms with E-state index in [9.17, 15) is 18.0 Å². The molecule has 0 fully saturated rings. The number of hydrogen-bond acceptors (Lipinski definition) is 6. The van der Waals surface area contributed by atoms with Crippen LogP contribution in [0.4, 0.5) is 13.2 Å². The first-order chi connectivity index (χ1) is 16.2. The summed E-state index contributed by atoms with van der Waals surface area (Å²) in [6.45, 7) is 4.94. The Morgan fingerprint density at radius 1 is 1.21 bits per heavy atom. The van der Waals surface area contributed by atoms with Crippen LogP contribution in [0.1, 0.15) is 66.5 Å². The van der Waals surface area contributed by atoms with Crippen LogP contribution in [0.5, 0.6) is 0 Å². The zero-order valence-electron chi connectivity index (χ0n) is 19.6. The zero-order valence-corrected chi connectivity index (χ0v) is 21.2. The Balaban J connectivity index is 1.67. The molecule has 0 unspecified atom stereocenters. The average molecular weight is 511 g/mol. The van der Waals surface area contributed by atoms with Gasteiger partial charge < -0.3 is 10.1 Å². The van der Waals surface area contributed by atoms with Crippen molar-refractivity contribution in [3.05, 3.63) is 39.1 Å². The largest absolute Gasteiger partial charge is 0.416 e. The molecule has 0 saturated heterocycles. The maximum absolute atomic E-state index is 13.2. The summed E-state index contributed by atoms with van der Waals surface area (Å²) >= 11 is 3.04. The second-order valence-corrected chi connectivity index (χ2v) is 11.1. The van der Waals surface area contributed by atoms with Crippen molar-refractivity contribution in [2.45, 2.75) is 70.6 Å². The van der Waals surface area contributed by atoms with Crippen LogP contribution in [-0.2, 0) is 28.5 Å². The van der Waals surface area contributed by atoms with Gasteiger partial charge in [-0.1, -0.05) is 6.42 Å². The Hall–Kier alpha value is -1.81. The molecule has 9 heteroatoms. The summed E-state index contributed by atoms with van der Waals surface area (Å²) in [4.78, 5) is 19.6. The van der Waals surface area contributed by atoms with Crippen LogP contribution in [0, 0.1) is 0 Å². The number of benzene rings is 1. The molecular formula is C25H29F3N2O2S2. The summed E-state index contributed by atoms with van der Waals surface area (Å²) in [6, 6.07) is 4.15. The van der Waals surface area contributed by atoms with Gasteiger partial charge in [0.15, 0.2) is 0 Å². The van der Waals surface area contributed by atoms with Gasteiger partial charge in [-0.2, -0.15) is 13.2 Å². The first-order valence-electron chi connectivity index (χ1n) is 11.6. The van der Waals surface area contributed by atoms with Gasteiger partial charge in [0.05, 0.1) is 15.8 Å². The van der Waals surface area contributed by atoms with Crippen LogP contribution in [0.25, 0.3) is 20.8 Å². The fourth-order valence-electron chi connectivity index (χ4n) is 4.55. The number of carbonyl (C=O) groups is 1. The molecule has 0 radical (unpaired) electrons. The Labute approximate surface area is 205 Å². The van der Waals surface area contributed by atoms with Gasteiger partial charge >= 0.3 is 6.18 Å². The molecule has 0 saturated carbocycles. The highest BCUT2D eigenvalue weighted by Crippen LogP contribution is 2.45. The number of nitrogens with zero attached hydrogens (tertiary/aromatic N) is 1. The standard InChI is InChI=1S/C25H29F3N2O2S2/c1-14-11-18-22(24-30-19-12-16(25(26,27)28)8-9-20(19)34-24)21(33-23(18)15(2)29-14)13-17(31)7-5-4-6-10-32-3/h8-9,12,14-15,29H,4-7,10-11,13H2,1-3H3/t14-,15+/m1/s1. The summed E-state index contributed by atoms with van der Waals surface area (Å²) in [7, 11) is 1.67. The van der Waals surface area contributed by atoms with Crippen LogP contribution < -0.4 is 5.32 Å². The summed E-state index contributed by atoms with van der Waals surface area (Å²) in [5.41, 5.74) is 1.80. The molecule has 34 heavy (non-hydrogen) atoms. The van der Waals surface area contributed by atoms with E-state index in [1.165, 1.54) is 27.8 Å². The van der Waals surface area contributed by atoms with Crippen molar-refractivity contribution in [3.8, 4) is 10.6 Å². The highest BCUT2D eigenvalue weighted by atomic mass is 32.1. The van der Waals surface area contributed by atoms with Gasteiger partial charge in [0.2, 0.25) is 0 Å². The van der Waals surface area contributed by atoms with Crippen molar-refractivity contribution >= 4 is 38.7 Å². The topological polar surface area (TPSA) is 51.2 Å². The number of Topliss-reactive ketones (excluding diaryl/α,β-unsaturated/α-hetero) is 1. The van der Waals surface area contributed by atoms with Gasteiger partial charge in [-0.15, -0.1) is 22.7 Å². The first-order valence-corrected chi connectivity index (χ1v) is 13.2. The Morgan fingerprint density at radius 3 is 2.74 bits per heavy atom. The molecule has 0 spiro atoms. The van der Waals surface area contributed by atoms with Crippen molar-refractivity contribution in [1.82, 2.24) is 10.3 Å². The number of thiazole rings is 1. The minimum absolute atomic E-state index is 0.159. The first kappa shape index (κ1) is 25.3. The SMILES string of the molecule is COCCCCCC(=O)Cc1sc2c(c1-c1nc3cc(C(F)(F)F)ccc3s1)C[C@@H](C)N[C@H]2C. The minimum Gasteiger partial charge on any atom is -0.385 e. The number of thiophene rings is 1. The van der Waals surface area contributed by atoms with E-state index in [0.717, 1.165) is 48.3 Å². The van der Waals surface area contributed by atoms with Crippen LogP contribution >= 0.6 is 22.7 Å². The highest BCUT2D eigenvalue weighted by Gasteiger charge is 2.32. The predicted octanol–water partition coefficient (Wildman–Crippen LogP) is 6.96. The summed E-state index contributed by atoms with van der Waals surface area (Å²) in [5, 5.41) is 4.26. The number of carbonyl (C=O) groups excluding carboxylic acids is 1. The second-order valence-electron chi connectivity index (χ2n) is 8.95. The quantitative estimate of drug-likeness (QED) is 0.316. The molecule has 1 N–H and O–H groups in total. The van der Waals surface area contributed by atoms with Crippen LogP contribution in [0.2, 0.25) is 0 Å². The lowest BCUT2D eigenvalue weighted by Crippen LogP contribution is -2.35. The Morgan fingerprint density at radius 2 is 2.00 bits per heavy atom. The molecular weight excluding hydrogens is 481 g/mol. The number of ether oxygens (including phenoxy) is 1. The molecule has 184 valence electrons. The predicted molar refractivity (Wildman–Crippen MR) is 132 cm³/mol. The van der Waals surface area contributed by atoms with Crippen LogP contribution in [-0.4, -0.2) is 30.5 Å². The van der Waals surface area contributed by atoms with E-state index in [1.807, 2.05) is 0 Å². The third-order valence-electron chi connectivity index (χ3n) is 6.14. The molecule has 0 bridgehead atoms. The van der Waals surface area contributed by atoms with Crippen molar-refractivity contribution in [1.29, 1.82) is 0 Å². The van der Waals surface area contributed by atoms with E-state index in [1.54, 1.807) is 18.4 Å². The van der Waals surface area contributed by atoms with E-state index in [0.29, 0.717) is 34.7 Å². The molecule has 1 aromatic carbocycles. The van der Waals surface area contributed by atoms with E-state index in [-0.39, 0.29) is 17.9 Å². The maximum Gasteiger partial charge on any atom is 0.416 e. The van der Waals surface area contributed by atoms with E-state index >= 15 is 0 Å². The monoisotopic (exact) mass is 510 g/mol. The van der Waals surface area contributed by atoms with Gasteiger partial charge in [0.25, 0.3) is 0 Å². The van der Waals surface area contributed by atoms with Gasteiger partial charge in [-0.05, 0) is 56.9 Å². The smallest absolute Gasteiger partial charge is 0.385 e. The average Bonchev–Trinajstić information content (AvgIpc) is 3.33. The molecule has 4 nitrogen and oxygen atoms in total. The third-order valence-corrected chi connectivity index (χ3v) is 8.61. The van der Waals surface area contributed by atoms with Crippen LogP contribution in [0.3, 0.4) is 0 Å². The van der Waals surface area contributed by atoms with Gasteiger partial charge in [0.1, 0.15) is 10.8 Å². The molecule has 2 atom stereocenters. The number of halogens is 3. The molecule has 1 aliphatic heterocycles. The fourth-order valence-corrected chi connectivity index (χ4v) is 7.04. The number of fused-ring (bicyclic) bond motifs is 2. The van der Waals surface area contributed by atoms with Crippen molar-refractivity contribution < 1.29 is 22.7 Å². The molecule has 2 aromatic heterocycles. The number of alkyl halides is 3. The lowest BCUT2D eigenvalue weighted by molar-refractivity contribution is -0.137. The third kappa shape index (κ3) is 5.53. The normalized spacial score (nSPS) is 18.4. The van der Waals surface area contributed by atoms with Gasteiger partial charge in [-0.3, -0.25) is 4.79 Å². The zero-order chi connectivity index (χ0) is 24.5. The molecule has 0 amide bonds. The number of rotatable bonds is 9. The lowest BCUT2D eigenvalue weighted by atomic mass is 9.94. The number of hydrogen-bond donors (Lipinski definition) is 1. The Kier molecular flexibility index (Phi) is 7.76. The lowest BCUT2D eigenvalue weighted by Gasteiger charge is -2.26. The molecule has 3 aromatic rings. The fraction of sp³-hybridized carbons (Fsp3) is 0.520. The second kappa shape index (κ2) is 10.4. The van der Waals surface area contributed by atoms with Gasteiger partial charge in [-0.25, -0.2) is 4.98 Å². The minimum atomic E-state index is -4.41. The van der Waals surface area contributed by atoms with Crippen molar-refractivity contribution in [2.75, 3.05) is 13.7 Å². The molecule has 0 aliphatic carbocycles. The number of ketones is 1. The van der Waals surface area contributed by atoms with Crippen LogP contribution in [0.15, 0.2) is 18.2 Å².